The predicted octanol–water partition coefficient (Wildman–Crippen LogP) is -1.20. The topological polar surface area (TPSA) is 114 Å². The van der Waals surface area contributed by atoms with E-state index in [1.54, 1.807) is 0 Å². The maximum Gasteiger partial charge on any atom is 0.312 e. The van der Waals surface area contributed by atoms with Crippen molar-refractivity contribution in [1.82, 2.24) is 10.6 Å². The van der Waals surface area contributed by atoms with E-state index in [2.05, 4.69) is 10.6 Å². The van der Waals surface area contributed by atoms with Gasteiger partial charge >= 0.3 is 6.03 Å². The summed E-state index contributed by atoms with van der Waals surface area (Å²) in [6, 6.07) is -1.37. The van der Waals surface area contributed by atoms with Crippen LogP contribution in [0.25, 0.3) is 0 Å². The maximum absolute atomic E-state index is 11.7. The van der Waals surface area contributed by atoms with Crippen LogP contribution in [0.5, 0.6) is 0 Å². The number of ether oxygens (including phenoxy) is 1. The van der Waals surface area contributed by atoms with Crippen molar-refractivity contribution >= 4 is 11.9 Å². The molecule has 0 radical (unpaired) electrons. The third kappa shape index (κ3) is 7.53. The Labute approximate surface area is 101 Å². The summed E-state index contributed by atoms with van der Waals surface area (Å²) in [5, 5.41) is 13.5. The van der Waals surface area contributed by atoms with Crippen LogP contribution in [0, 0.1) is 5.92 Å². The van der Waals surface area contributed by atoms with Gasteiger partial charge in [-0.25, -0.2) is 4.79 Å². The van der Waals surface area contributed by atoms with Gasteiger partial charge in [0, 0.05) is 6.54 Å². The molecule has 3 amide bonds. The average molecular weight is 247 g/mol. The molecular weight excluding hydrogens is 226 g/mol. The highest BCUT2D eigenvalue weighted by atomic mass is 16.5. The molecule has 0 spiro atoms. The first-order chi connectivity index (χ1) is 7.99. The van der Waals surface area contributed by atoms with Gasteiger partial charge in [0.15, 0.2) is 0 Å². The molecule has 0 saturated heterocycles. The van der Waals surface area contributed by atoms with Gasteiger partial charge < -0.3 is 26.2 Å². The number of urea groups is 1. The summed E-state index contributed by atoms with van der Waals surface area (Å²) >= 11 is 0. The number of aliphatic hydroxyl groups excluding tert-OH is 1. The van der Waals surface area contributed by atoms with Crippen LogP contribution in [-0.2, 0) is 9.53 Å². The molecular formula is C10H21N3O4. The van der Waals surface area contributed by atoms with Crippen LogP contribution >= 0.6 is 0 Å². The van der Waals surface area contributed by atoms with Crippen molar-refractivity contribution in [2.45, 2.75) is 19.9 Å². The molecule has 17 heavy (non-hydrogen) atoms. The molecule has 0 aromatic heterocycles. The Balaban J connectivity index is 3.94. The summed E-state index contributed by atoms with van der Waals surface area (Å²) < 4.78 is 4.98. The van der Waals surface area contributed by atoms with Crippen LogP contribution < -0.4 is 16.4 Å². The summed E-state index contributed by atoms with van der Waals surface area (Å²) in [6.07, 6.45) is 0. The van der Waals surface area contributed by atoms with Gasteiger partial charge in [-0.05, 0) is 5.92 Å². The normalized spacial score (nSPS) is 12.2. The van der Waals surface area contributed by atoms with E-state index in [9.17, 15) is 9.59 Å². The molecule has 7 nitrogen and oxygen atoms in total. The van der Waals surface area contributed by atoms with Crippen LogP contribution in [0.3, 0.4) is 0 Å². The summed E-state index contributed by atoms with van der Waals surface area (Å²) in [6.45, 7) is 4.44. The van der Waals surface area contributed by atoms with Crippen LogP contribution in [0.4, 0.5) is 4.79 Å². The molecule has 0 bridgehead atoms. The van der Waals surface area contributed by atoms with Gasteiger partial charge in [0.25, 0.3) is 0 Å². The Hall–Kier alpha value is -1.34. The molecule has 5 N–H and O–H groups in total. The van der Waals surface area contributed by atoms with E-state index < -0.39 is 12.1 Å². The Morgan fingerprint density at radius 1 is 1.35 bits per heavy atom. The van der Waals surface area contributed by atoms with Crippen molar-refractivity contribution in [2.24, 2.45) is 11.7 Å². The zero-order chi connectivity index (χ0) is 13.3. The van der Waals surface area contributed by atoms with Crippen molar-refractivity contribution in [3.8, 4) is 0 Å². The first-order valence-electron chi connectivity index (χ1n) is 5.51. The predicted molar refractivity (Wildman–Crippen MR) is 62.3 cm³/mol. The summed E-state index contributed by atoms with van der Waals surface area (Å²) in [5.74, 6) is -0.354. The molecule has 0 aromatic rings. The van der Waals surface area contributed by atoms with E-state index in [-0.39, 0.29) is 25.0 Å². The summed E-state index contributed by atoms with van der Waals surface area (Å²) in [5.41, 5.74) is 4.98. The second-order valence-electron chi connectivity index (χ2n) is 3.86. The molecule has 0 saturated carbocycles. The summed E-state index contributed by atoms with van der Waals surface area (Å²) in [4.78, 5) is 22.4. The van der Waals surface area contributed by atoms with Crippen molar-refractivity contribution in [1.29, 1.82) is 0 Å². The quantitative estimate of drug-likeness (QED) is 0.403. The van der Waals surface area contributed by atoms with E-state index in [0.29, 0.717) is 13.2 Å². The molecule has 1 atom stereocenters. The minimum Gasteiger partial charge on any atom is -0.394 e. The fraction of sp³-hybridized carbons (Fsp3) is 0.800. The fourth-order valence-corrected chi connectivity index (χ4v) is 1.21. The number of nitrogens with two attached hydrogens (primary N) is 1. The van der Waals surface area contributed by atoms with Crippen molar-refractivity contribution in [2.75, 3.05) is 26.4 Å². The van der Waals surface area contributed by atoms with Gasteiger partial charge in [0.2, 0.25) is 5.91 Å². The molecule has 1 unspecified atom stereocenters. The zero-order valence-electron chi connectivity index (χ0n) is 10.2. The number of amides is 3. The number of carbonyl (C=O) groups is 2. The number of aliphatic hydroxyl groups is 1. The number of primary amides is 1. The van der Waals surface area contributed by atoms with Crippen LogP contribution in [0.15, 0.2) is 0 Å². The molecule has 0 aliphatic rings. The Kier molecular flexibility index (Phi) is 8.08. The molecule has 0 rings (SSSR count). The molecule has 0 heterocycles. The number of nitrogens with one attached hydrogen (secondary N) is 2. The zero-order valence-corrected chi connectivity index (χ0v) is 10.2. The van der Waals surface area contributed by atoms with E-state index in [1.807, 2.05) is 13.8 Å². The SMILES string of the molecule is CC(C)C(NC(N)=O)C(=O)NCCOCCO. The van der Waals surface area contributed by atoms with E-state index >= 15 is 0 Å². The number of carbonyl (C=O) groups excluding carboxylic acids is 2. The third-order valence-electron chi connectivity index (χ3n) is 2.03. The Bertz CT molecular complexity index is 246. The molecule has 0 aliphatic heterocycles. The lowest BCUT2D eigenvalue weighted by atomic mass is 10.0. The maximum atomic E-state index is 11.7. The smallest absolute Gasteiger partial charge is 0.312 e. The lowest BCUT2D eigenvalue weighted by molar-refractivity contribution is -0.124. The molecule has 0 aromatic carbocycles. The lowest BCUT2D eigenvalue weighted by Crippen LogP contribution is -2.51. The van der Waals surface area contributed by atoms with Crippen molar-refractivity contribution < 1.29 is 19.4 Å². The van der Waals surface area contributed by atoms with E-state index in [4.69, 9.17) is 15.6 Å². The fourth-order valence-electron chi connectivity index (χ4n) is 1.21. The number of hydrogen-bond acceptors (Lipinski definition) is 4. The largest absolute Gasteiger partial charge is 0.394 e. The molecule has 0 fully saturated rings. The van der Waals surface area contributed by atoms with Gasteiger partial charge in [-0.1, -0.05) is 13.8 Å². The van der Waals surface area contributed by atoms with Crippen LogP contribution in [0.2, 0.25) is 0 Å². The van der Waals surface area contributed by atoms with Gasteiger partial charge in [-0.3, -0.25) is 4.79 Å². The first kappa shape index (κ1) is 15.7. The van der Waals surface area contributed by atoms with Gasteiger partial charge in [-0.2, -0.15) is 0 Å². The third-order valence-corrected chi connectivity index (χ3v) is 2.03. The van der Waals surface area contributed by atoms with Crippen LogP contribution in [-0.4, -0.2) is 49.5 Å². The van der Waals surface area contributed by atoms with Crippen molar-refractivity contribution in [3.05, 3.63) is 0 Å². The molecule has 0 aliphatic carbocycles. The molecule has 7 heteroatoms. The van der Waals surface area contributed by atoms with Gasteiger partial charge in [0.05, 0.1) is 19.8 Å². The minimum atomic E-state index is -0.726. The van der Waals surface area contributed by atoms with Gasteiger partial charge in [0.1, 0.15) is 6.04 Å². The summed E-state index contributed by atoms with van der Waals surface area (Å²) in [7, 11) is 0. The minimum absolute atomic E-state index is 0.0498. The monoisotopic (exact) mass is 247 g/mol. The lowest BCUT2D eigenvalue weighted by Gasteiger charge is -2.20. The highest BCUT2D eigenvalue weighted by Crippen LogP contribution is 2.01. The second kappa shape index (κ2) is 8.77. The average Bonchev–Trinajstić information content (AvgIpc) is 2.24. The Morgan fingerprint density at radius 3 is 2.47 bits per heavy atom. The first-order valence-corrected chi connectivity index (χ1v) is 5.51. The Morgan fingerprint density at radius 2 is 2.00 bits per heavy atom. The highest BCUT2D eigenvalue weighted by Gasteiger charge is 2.22. The van der Waals surface area contributed by atoms with Crippen molar-refractivity contribution in [3.63, 3.8) is 0 Å². The highest BCUT2D eigenvalue weighted by molar-refractivity contribution is 5.86. The van der Waals surface area contributed by atoms with E-state index in [0.717, 1.165) is 0 Å². The molecule has 100 valence electrons. The van der Waals surface area contributed by atoms with E-state index in [1.165, 1.54) is 0 Å². The van der Waals surface area contributed by atoms with Gasteiger partial charge in [-0.15, -0.1) is 0 Å². The van der Waals surface area contributed by atoms with Crippen LogP contribution in [0.1, 0.15) is 13.8 Å². The second-order valence-corrected chi connectivity index (χ2v) is 3.86. The standard InChI is InChI=1S/C10H21N3O4/c1-7(2)8(13-10(11)16)9(15)12-3-5-17-6-4-14/h7-8,14H,3-6H2,1-2H3,(H,12,15)(H3,11,13,16). The number of rotatable bonds is 8. The number of hydrogen-bond donors (Lipinski definition) is 4.